The van der Waals surface area contributed by atoms with Gasteiger partial charge < -0.3 is 15.5 Å². The molecular formula is C11H16N2O3. The minimum absolute atomic E-state index is 0.0118. The lowest BCUT2D eigenvalue weighted by molar-refractivity contribution is 0.0696. The zero-order valence-corrected chi connectivity index (χ0v) is 9.23. The van der Waals surface area contributed by atoms with Gasteiger partial charge in [0.1, 0.15) is 5.82 Å². The van der Waals surface area contributed by atoms with Crippen molar-refractivity contribution in [3.63, 3.8) is 0 Å². The fourth-order valence-electron chi connectivity index (χ4n) is 1.37. The number of hydrogen-bond acceptors (Lipinski definition) is 4. The van der Waals surface area contributed by atoms with Gasteiger partial charge >= 0.3 is 5.97 Å². The largest absolute Gasteiger partial charge is 0.478 e. The van der Waals surface area contributed by atoms with Gasteiger partial charge in [0.05, 0.1) is 12.2 Å². The van der Waals surface area contributed by atoms with Crippen molar-refractivity contribution in [1.82, 2.24) is 4.98 Å². The number of nitrogens with one attached hydrogen (secondary N) is 1. The third kappa shape index (κ3) is 3.51. The molecule has 88 valence electrons. The summed E-state index contributed by atoms with van der Waals surface area (Å²) in [6, 6.07) is 3.05. The number of aromatic nitrogens is 1. The van der Waals surface area contributed by atoms with Crippen molar-refractivity contribution in [2.75, 3.05) is 18.5 Å². The minimum Gasteiger partial charge on any atom is -0.478 e. The van der Waals surface area contributed by atoms with Crippen molar-refractivity contribution in [2.45, 2.75) is 19.8 Å². The van der Waals surface area contributed by atoms with E-state index in [1.54, 1.807) is 6.07 Å². The van der Waals surface area contributed by atoms with Gasteiger partial charge in [-0.2, -0.15) is 0 Å². The van der Waals surface area contributed by atoms with Crippen molar-refractivity contribution in [2.24, 2.45) is 0 Å². The van der Waals surface area contributed by atoms with Gasteiger partial charge in [0, 0.05) is 12.2 Å². The van der Waals surface area contributed by atoms with E-state index in [2.05, 4.69) is 10.3 Å². The van der Waals surface area contributed by atoms with Gasteiger partial charge in [-0.3, -0.25) is 0 Å². The third-order valence-electron chi connectivity index (χ3n) is 2.05. The molecule has 3 N–H and O–H groups in total. The molecule has 16 heavy (non-hydrogen) atoms. The molecule has 0 aromatic carbocycles. The van der Waals surface area contributed by atoms with Crippen LogP contribution in [0.3, 0.4) is 0 Å². The monoisotopic (exact) mass is 224 g/mol. The van der Waals surface area contributed by atoms with Crippen LogP contribution in [0.15, 0.2) is 12.1 Å². The maximum atomic E-state index is 10.9. The summed E-state index contributed by atoms with van der Waals surface area (Å²) in [6.45, 7) is 2.36. The lowest BCUT2D eigenvalue weighted by atomic mass is 10.1. The number of carbonyl (C=O) groups is 1. The fraction of sp³-hybridized carbons (Fsp3) is 0.455. The van der Waals surface area contributed by atoms with Gasteiger partial charge in [0.25, 0.3) is 0 Å². The Morgan fingerprint density at radius 3 is 2.81 bits per heavy atom. The number of aromatic carboxylic acids is 1. The SMILES string of the molecule is CCCc1cc(C(=O)O)cc(NCCO)n1. The van der Waals surface area contributed by atoms with Gasteiger partial charge in [0.15, 0.2) is 0 Å². The van der Waals surface area contributed by atoms with E-state index in [0.29, 0.717) is 12.4 Å². The van der Waals surface area contributed by atoms with E-state index in [1.807, 2.05) is 6.92 Å². The summed E-state index contributed by atoms with van der Waals surface area (Å²) in [6.07, 6.45) is 1.66. The quantitative estimate of drug-likeness (QED) is 0.675. The summed E-state index contributed by atoms with van der Waals surface area (Å²) in [5.74, 6) is -0.468. The second-order valence-electron chi connectivity index (χ2n) is 3.44. The Labute approximate surface area is 94.1 Å². The van der Waals surface area contributed by atoms with Crippen molar-refractivity contribution < 1.29 is 15.0 Å². The Hall–Kier alpha value is -1.62. The number of carboxylic acids is 1. The molecule has 1 rings (SSSR count). The predicted octanol–water partition coefficient (Wildman–Crippen LogP) is 1.14. The molecule has 0 fully saturated rings. The van der Waals surface area contributed by atoms with Crippen molar-refractivity contribution in [1.29, 1.82) is 0 Å². The van der Waals surface area contributed by atoms with Crippen LogP contribution in [0, 0.1) is 0 Å². The Bertz CT molecular complexity index is 366. The Morgan fingerprint density at radius 1 is 1.50 bits per heavy atom. The van der Waals surface area contributed by atoms with Crippen molar-refractivity contribution in [3.8, 4) is 0 Å². The molecule has 0 unspecified atom stereocenters. The average Bonchev–Trinajstić information content (AvgIpc) is 2.26. The van der Waals surface area contributed by atoms with E-state index in [1.165, 1.54) is 6.07 Å². The molecule has 0 aliphatic rings. The summed E-state index contributed by atoms with van der Waals surface area (Å²) in [5.41, 5.74) is 0.974. The van der Waals surface area contributed by atoms with Crippen LogP contribution in [0.25, 0.3) is 0 Å². The minimum atomic E-state index is -0.966. The van der Waals surface area contributed by atoms with Crippen LogP contribution in [0.4, 0.5) is 5.82 Å². The fourth-order valence-corrected chi connectivity index (χ4v) is 1.37. The number of pyridine rings is 1. The molecule has 0 bridgehead atoms. The van der Waals surface area contributed by atoms with Crippen LogP contribution in [0.5, 0.6) is 0 Å². The first-order valence-corrected chi connectivity index (χ1v) is 5.26. The van der Waals surface area contributed by atoms with Crippen LogP contribution in [-0.2, 0) is 6.42 Å². The van der Waals surface area contributed by atoms with Crippen LogP contribution in [-0.4, -0.2) is 34.3 Å². The Balaban J connectivity index is 2.93. The number of rotatable bonds is 6. The Kier molecular flexibility index (Phi) is 4.72. The molecule has 1 aromatic rings. The summed E-state index contributed by atoms with van der Waals surface area (Å²) in [5, 5.41) is 20.5. The summed E-state index contributed by atoms with van der Waals surface area (Å²) in [4.78, 5) is 15.1. The maximum absolute atomic E-state index is 10.9. The summed E-state index contributed by atoms with van der Waals surface area (Å²) < 4.78 is 0. The summed E-state index contributed by atoms with van der Waals surface area (Å²) in [7, 11) is 0. The zero-order chi connectivity index (χ0) is 12.0. The van der Waals surface area contributed by atoms with Crippen LogP contribution < -0.4 is 5.32 Å². The number of carboxylic acid groups (broad SMARTS) is 1. The highest BCUT2D eigenvalue weighted by molar-refractivity contribution is 5.88. The number of aliphatic hydroxyl groups is 1. The van der Waals surface area contributed by atoms with Gasteiger partial charge in [-0.25, -0.2) is 9.78 Å². The molecule has 0 atom stereocenters. The number of nitrogens with zero attached hydrogens (tertiary/aromatic N) is 1. The number of aryl methyl sites for hydroxylation is 1. The smallest absolute Gasteiger partial charge is 0.335 e. The molecule has 0 spiro atoms. The van der Waals surface area contributed by atoms with Gasteiger partial charge in [-0.15, -0.1) is 0 Å². The lowest BCUT2D eigenvalue weighted by Crippen LogP contribution is -2.09. The van der Waals surface area contributed by atoms with E-state index >= 15 is 0 Å². The molecule has 0 amide bonds. The van der Waals surface area contributed by atoms with Crippen LogP contribution in [0.1, 0.15) is 29.4 Å². The standard InChI is InChI=1S/C11H16N2O3/c1-2-3-9-6-8(11(15)16)7-10(13-9)12-4-5-14/h6-7,14H,2-5H2,1H3,(H,12,13)(H,15,16). The van der Waals surface area contributed by atoms with E-state index < -0.39 is 5.97 Å². The maximum Gasteiger partial charge on any atom is 0.335 e. The first kappa shape index (κ1) is 12.4. The number of hydrogen-bond donors (Lipinski definition) is 3. The molecule has 1 aromatic heterocycles. The first-order chi connectivity index (χ1) is 7.67. The topological polar surface area (TPSA) is 82.5 Å². The highest BCUT2D eigenvalue weighted by Gasteiger charge is 2.07. The molecule has 5 nitrogen and oxygen atoms in total. The summed E-state index contributed by atoms with van der Waals surface area (Å²) >= 11 is 0. The number of anilines is 1. The molecule has 0 saturated carbocycles. The second-order valence-corrected chi connectivity index (χ2v) is 3.44. The zero-order valence-electron chi connectivity index (χ0n) is 9.23. The van der Waals surface area contributed by atoms with E-state index in [0.717, 1.165) is 18.5 Å². The van der Waals surface area contributed by atoms with Crippen molar-refractivity contribution >= 4 is 11.8 Å². The molecule has 1 heterocycles. The van der Waals surface area contributed by atoms with Crippen molar-refractivity contribution in [3.05, 3.63) is 23.4 Å². The van der Waals surface area contributed by atoms with Crippen LogP contribution in [0.2, 0.25) is 0 Å². The first-order valence-electron chi connectivity index (χ1n) is 5.26. The van der Waals surface area contributed by atoms with Crippen LogP contribution >= 0.6 is 0 Å². The lowest BCUT2D eigenvalue weighted by Gasteiger charge is -2.07. The van der Waals surface area contributed by atoms with E-state index in [-0.39, 0.29) is 12.2 Å². The second kappa shape index (κ2) is 6.07. The predicted molar refractivity (Wildman–Crippen MR) is 60.8 cm³/mol. The number of aliphatic hydroxyl groups excluding tert-OH is 1. The van der Waals surface area contributed by atoms with Gasteiger partial charge in [-0.1, -0.05) is 13.3 Å². The molecular weight excluding hydrogens is 208 g/mol. The van der Waals surface area contributed by atoms with Gasteiger partial charge in [-0.05, 0) is 18.6 Å². The van der Waals surface area contributed by atoms with Gasteiger partial charge in [0.2, 0.25) is 0 Å². The molecule has 0 aliphatic carbocycles. The molecule has 0 radical (unpaired) electrons. The molecule has 5 heteroatoms. The van der Waals surface area contributed by atoms with E-state index in [9.17, 15) is 4.79 Å². The third-order valence-corrected chi connectivity index (χ3v) is 2.05. The van der Waals surface area contributed by atoms with E-state index in [4.69, 9.17) is 10.2 Å². The average molecular weight is 224 g/mol. The highest BCUT2D eigenvalue weighted by Crippen LogP contribution is 2.12. The Morgan fingerprint density at radius 2 is 2.25 bits per heavy atom. The highest BCUT2D eigenvalue weighted by atomic mass is 16.4. The molecule has 0 saturated heterocycles. The molecule has 0 aliphatic heterocycles. The normalized spacial score (nSPS) is 10.1.